The van der Waals surface area contributed by atoms with Crippen molar-refractivity contribution in [3.05, 3.63) is 35.4 Å². The molecule has 2 saturated heterocycles. The van der Waals surface area contributed by atoms with Gasteiger partial charge in [0.25, 0.3) is 0 Å². The van der Waals surface area contributed by atoms with Crippen molar-refractivity contribution in [1.82, 2.24) is 4.90 Å². The summed E-state index contributed by atoms with van der Waals surface area (Å²) in [5, 5.41) is 0. The summed E-state index contributed by atoms with van der Waals surface area (Å²) in [6.07, 6.45) is 9.75. The second-order valence-electron chi connectivity index (χ2n) is 8.81. The lowest BCUT2D eigenvalue weighted by atomic mass is 9.85. The minimum absolute atomic E-state index is 0.397. The zero-order chi connectivity index (χ0) is 18.9. The molecule has 4 heteroatoms. The topological polar surface area (TPSA) is 47.7 Å². The van der Waals surface area contributed by atoms with Crippen molar-refractivity contribution in [2.75, 3.05) is 32.0 Å². The second kappa shape index (κ2) is 7.94. The van der Waals surface area contributed by atoms with Crippen LogP contribution in [0.3, 0.4) is 0 Å². The maximum absolute atomic E-state index is 6.31. The van der Waals surface area contributed by atoms with E-state index in [9.17, 15) is 0 Å². The first kappa shape index (κ1) is 19.0. The lowest BCUT2D eigenvalue weighted by Crippen LogP contribution is -2.52. The molecule has 0 radical (unpaired) electrons. The number of ether oxygens (including phenoxy) is 2. The number of hydrogen-bond acceptors (Lipinski definition) is 4. The van der Waals surface area contributed by atoms with E-state index in [4.69, 9.17) is 15.2 Å². The van der Waals surface area contributed by atoms with Gasteiger partial charge in [-0.1, -0.05) is 12.1 Å². The molecule has 3 aliphatic rings. The van der Waals surface area contributed by atoms with Gasteiger partial charge in [-0.2, -0.15) is 0 Å². The fraction of sp³-hybridized carbons (Fsp3) is 0.652. The van der Waals surface area contributed by atoms with E-state index in [1.165, 1.54) is 55.2 Å². The van der Waals surface area contributed by atoms with E-state index in [1.807, 2.05) is 13.8 Å². The maximum Gasteiger partial charge on any atom is 0.162 e. The summed E-state index contributed by atoms with van der Waals surface area (Å²) in [4.78, 5) is 2.55. The van der Waals surface area contributed by atoms with Gasteiger partial charge in [0.05, 0.1) is 19.3 Å². The van der Waals surface area contributed by atoms with Gasteiger partial charge in [-0.05, 0) is 94.6 Å². The third-order valence-corrected chi connectivity index (χ3v) is 6.48. The average Bonchev–Trinajstić information content (AvgIpc) is 2.69. The molecule has 2 heterocycles. The van der Waals surface area contributed by atoms with Crippen molar-refractivity contribution in [3.63, 3.8) is 0 Å². The van der Waals surface area contributed by atoms with E-state index in [0.717, 1.165) is 32.0 Å². The lowest BCUT2D eigenvalue weighted by Gasteiger charge is -2.43. The average molecular weight is 371 g/mol. The van der Waals surface area contributed by atoms with Gasteiger partial charge in [-0.3, -0.25) is 4.90 Å². The highest BCUT2D eigenvalue weighted by Gasteiger charge is 2.33. The number of hydrogen-bond donors (Lipinski definition) is 1. The number of nitrogens with zero attached hydrogens (tertiary/aromatic N) is 1. The van der Waals surface area contributed by atoms with E-state index in [2.05, 4.69) is 29.2 Å². The molecule has 0 spiro atoms. The third-order valence-electron chi connectivity index (χ3n) is 6.48. The summed E-state index contributed by atoms with van der Waals surface area (Å²) in [6.45, 7) is 7.78. The number of nitrogens with two attached hydrogens (primary N) is 1. The fourth-order valence-electron chi connectivity index (χ4n) is 4.68. The number of anilines is 1. The number of piperidine rings is 1. The minimum atomic E-state index is -0.428. The third kappa shape index (κ3) is 4.39. The standard InChI is InChI=1S/C23H34N2O2/c1-23(2)26-15-20(16-27-23)25-12-10-17(11-13-25)19-8-9-22(24)21(14-19)18-6-4-3-5-7-18/h6,8-9,14,17,20H,3-5,7,10-13,15-16,24H2,1-2H3. The highest BCUT2D eigenvalue weighted by atomic mass is 16.7. The van der Waals surface area contributed by atoms with Crippen LogP contribution in [-0.2, 0) is 9.47 Å². The molecular weight excluding hydrogens is 336 g/mol. The Morgan fingerprint density at radius 3 is 2.48 bits per heavy atom. The monoisotopic (exact) mass is 370 g/mol. The number of nitrogen functional groups attached to an aromatic ring is 1. The van der Waals surface area contributed by atoms with Crippen LogP contribution in [0.4, 0.5) is 5.69 Å². The summed E-state index contributed by atoms with van der Waals surface area (Å²) in [7, 11) is 0. The second-order valence-corrected chi connectivity index (χ2v) is 8.81. The number of rotatable bonds is 3. The Morgan fingerprint density at radius 2 is 1.81 bits per heavy atom. The zero-order valence-corrected chi connectivity index (χ0v) is 16.9. The molecule has 1 aromatic carbocycles. The Hall–Kier alpha value is -1.36. The van der Waals surface area contributed by atoms with E-state index in [-0.39, 0.29) is 0 Å². The van der Waals surface area contributed by atoms with Crippen molar-refractivity contribution in [1.29, 1.82) is 0 Å². The predicted molar refractivity (Wildman–Crippen MR) is 111 cm³/mol. The Labute approximate surface area is 163 Å². The van der Waals surface area contributed by atoms with Crippen LogP contribution in [0.5, 0.6) is 0 Å². The van der Waals surface area contributed by atoms with Gasteiger partial charge < -0.3 is 15.2 Å². The van der Waals surface area contributed by atoms with Gasteiger partial charge in [0, 0.05) is 11.3 Å². The molecule has 4 rings (SSSR count). The Morgan fingerprint density at radius 1 is 1.07 bits per heavy atom. The SMILES string of the molecule is CC1(C)OCC(N2CCC(c3ccc(N)c(C4=CCCCC4)c3)CC2)CO1. The zero-order valence-electron chi connectivity index (χ0n) is 16.9. The fourth-order valence-corrected chi connectivity index (χ4v) is 4.68. The predicted octanol–water partition coefficient (Wildman–Crippen LogP) is 4.56. The highest BCUT2D eigenvalue weighted by molar-refractivity contribution is 5.76. The first-order chi connectivity index (χ1) is 13.0. The van der Waals surface area contributed by atoms with Crippen LogP contribution >= 0.6 is 0 Å². The number of benzene rings is 1. The normalized spacial score (nSPS) is 25.3. The summed E-state index contributed by atoms with van der Waals surface area (Å²) >= 11 is 0. The molecular formula is C23H34N2O2. The van der Waals surface area contributed by atoms with Crippen LogP contribution in [0.1, 0.15) is 69.4 Å². The molecule has 0 amide bonds. The van der Waals surface area contributed by atoms with E-state index >= 15 is 0 Å². The van der Waals surface area contributed by atoms with Crippen LogP contribution in [0.2, 0.25) is 0 Å². The Kier molecular flexibility index (Phi) is 5.58. The molecule has 2 aliphatic heterocycles. The highest BCUT2D eigenvalue weighted by Crippen LogP contribution is 2.36. The molecule has 27 heavy (non-hydrogen) atoms. The number of allylic oxidation sites excluding steroid dienone is 2. The van der Waals surface area contributed by atoms with Crippen LogP contribution < -0.4 is 5.73 Å². The quantitative estimate of drug-likeness (QED) is 0.793. The molecule has 0 aromatic heterocycles. The summed E-state index contributed by atoms with van der Waals surface area (Å²) in [5.74, 6) is 0.204. The summed E-state index contributed by atoms with van der Waals surface area (Å²) in [6, 6.07) is 7.14. The molecule has 148 valence electrons. The largest absolute Gasteiger partial charge is 0.398 e. The maximum atomic E-state index is 6.31. The molecule has 0 saturated carbocycles. The first-order valence-corrected chi connectivity index (χ1v) is 10.6. The van der Waals surface area contributed by atoms with Crippen LogP contribution in [0.25, 0.3) is 5.57 Å². The van der Waals surface area contributed by atoms with Crippen LogP contribution in [0.15, 0.2) is 24.3 Å². The van der Waals surface area contributed by atoms with E-state index in [1.54, 1.807) is 0 Å². The van der Waals surface area contributed by atoms with E-state index < -0.39 is 5.79 Å². The smallest absolute Gasteiger partial charge is 0.162 e. The molecule has 0 atom stereocenters. The first-order valence-electron chi connectivity index (χ1n) is 10.6. The van der Waals surface area contributed by atoms with Crippen LogP contribution in [0, 0.1) is 0 Å². The molecule has 0 unspecified atom stereocenters. The van der Waals surface area contributed by atoms with Crippen molar-refractivity contribution in [2.45, 2.75) is 70.1 Å². The van der Waals surface area contributed by atoms with Crippen molar-refractivity contribution in [2.24, 2.45) is 0 Å². The number of likely N-dealkylation sites (tertiary alicyclic amines) is 1. The van der Waals surface area contributed by atoms with Gasteiger partial charge in [0.15, 0.2) is 5.79 Å². The van der Waals surface area contributed by atoms with Crippen molar-refractivity contribution in [3.8, 4) is 0 Å². The Bertz CT molecular complexity index is 680. The van der Waals surface area contributed by atoms with Gasteiger partial charge in [-0.25, -0.2) is 0 Å². The van der Waals surface area contributed by atoms with Gasteiger partial charge in [0.1, 0.15) is 0 Å². The molecule has 1 aromatic rings. The molecule has 0 bridgehead atoms. The summed E-state index contributed by atoms with van der Waals surface area (Å²) < 4.78 is 11.7. The Balaban J connectivity index is 1.39. The van der Waals surface area contributed by atoms with Crippen molar-refractivity contribution >= 4 is 11.3 Å². The molecule has 2 fully saturated rings. The van der Waals surface area contributed by atoms with E-state index in [0.29, 0.717) is 12.0 Å². The molecule has 1 aliphatic carbocycles. The minimum Gasteiger partial charge on any atom is -0.398 e. The lowest BCUT2D eigenvalue weighted by molar-refractivity contribution is -0.264. The summed E-state index contributed by atoms with van der Waals surface area (Å²) in [5.41, 5.74) is 11.4. The van der Waals surface area contributed by atoms with Crippen molar-refractivity contribution < 1.29 is 9.47 Å². The van der Waals surface area contributed by atoms with Crippen LogP contribution in [-0.4, -0.2) is 43.0 Å². The van der Waals surface area contributed by atoms with Gasteiger partial charge >= 0.3 is 0 Å². The molecule has 2 N–H and O–H groups in total. The molecule has 4 nitrogen and oxygen atoms in total. The van der Waals surface area contributed by atoms with Gasteiger partial charge in [0.2, 0.25) is 0 Å². The van der Waals surface area contributed by atoms with Gasteiger partial charge in [-0.15, -0.1) is 0 Å².